The second kappa shape index (κ2) is 11.1. The van der Waals surface area contributed by atoms with Gasteiger partial charge in [-0.1, -0.05) is 59.8 Å². The summed E-state index contributed by atoms with van der Waals surface area (Å²) in [7, 11) is 0. The van der Waals surface area contributed by atoms with Gasteiger partial charge in [0.25, 0.3) is 5.91 Å². The SMILES string of the molecule is CCn1c(CNC(=O)c2ccc(C)cc2)nnc1SCC(=O)Nc1nc(-c2ccccc2)cs1. The Morgan fingerprint density at radius 3 is 2.56 bits per heavy atom. The topological polar surface area (TPSA) is 102 Å². The number of nitrogens with one attached hydrogen (secondary N) is 2. The molecule has 0 aliphatic carbocycles. The molecule has 0 atom stereocenters. The number of carbonyl (C=O) groups excluding carboxylic acids is 2. The van der Waals surface area contributed by atoms with Crippen LogP contribution in [0.3, 0.4) is 0 Å². The van der Waals surface area contributed by atoms with Crippen LogP contribution in [-0.4, -0.2) is 37.3 Å². The smallest absolute Gasteiger partial charge is 0.251 e. The number of rotatable bonds is 9. The van der Waals surface area contributed by atoms with Gasteiger partial charge in [-0.3, -0.25) is 9.59 Å². The van der Waals surface area contributed by atoms with Crippen molar-refractivity contribution < 1.29 is 9.59 Å². The van der Waals surface area contributed by atoms with Crippen LogP contribution >= 0.6 is 23.1 Å². The van der Waals surface area contributed by atoms with Crippen LogP contribution < -0.4 is 10.6 Å². The minimum Gasteiger partial charge on any atom is -0.345 e. The summed E-state index contributed by atoms with van der Waals surface area (Å²) >= 11 is 2.69. The largest absolute Gasteiger partial charge is 0.345 e. The van der Waals surface area contributed by atoms with E-state index in [9.17, 15) is 9.59 Å². The van der Waals surface area contributed by atoms with Gasteiger partial charge in [-0.15, -0.1) is 21.5 Å². The molecule has 4 rings (SSSR count). The summed E-state index contributed by atoms with van der Waals surface area (Å²) in [5.74, 6) is 0.475. The molecule has 0 aliphatic rings. The molecule has 174 valence electrons. The normalized spacial score (nSPS) is 10.8. The van der Waals surface area contributed by atoms with E-state index in [-0.39, 0.29) is 24.1 Å². The van der Waals surface area contributed by atoms with E-state index in [2.05, 4.69) is 25.8 Å². The highest BCUT2D eigenvalue weighted by Gasteiger charge is 2.15. The van der Waals surface area contributed by atoms with Gasteiger partial charge in [-0.2, -0.15) is 0 Å². The molecule has 0 aliphatic heterocycles. The number of hydrogen-bond acceptors (Lipinski definition) is 7. The van der Waals surface area contributed by atoms with Crippen molar-refractivity contribution in [3.63, 3.8) is 0 Å². The van der Waals surface area contributed by atoms with Crippen LogP contribution in [0.5, 0.6) is 0 Å². The maximum atomic E-state index is 12.5. The van der Waals surface area contributed by atoms with Crippen LogP contribution in [-0.2, 0) is 17.9 Å². The third kappa shape index (κ3) is 5.89. The highest BCUT2D eigenvalue weighted by Crippen LogP contribution is 2.25. The molecule has 34 heavy (non-hydrogen) atoms. The number of amides is 2. The number of hydrogen-bond donors (Lipinski definition) is 2. The van der Waals surface area contributed by atoms with Crippen molar-refractivity contribution in [1.29, 1.82) is 0 Å². The van der Waals surface area contributed by atoms with Crippen LogP contribution in [0, 0.1) is 6.92 Å². The van der Waals surface area contributed by atoms with E-state index < -0.39 is 0 Å². The van der Waals surface area contributed by atoms with E-state index in [4.69, 9.17) is 0 Å². The summed E-state index contributed by atoms with van der Waals surface area (Å²) in [5.41, 5.74) is 3.53. The summed E-state index contributed by atoms with van der Waals surface area (Å²) in [4.78, 5) is 29.3. The molecule has 0 radical (unpaired) electrons. The lowest BCUT2D eigenvalue weighted by molar-refractivity contribution is -0.113. The monoisotopic (exact) mass is 492 g/mol. The Morgan fingerprint density at radius 1 is 1.06 bits per heavy atom. The van der Waals surface area contributed by atoms with Gasteiger partial charge in [-0.05, 0) is 26.0 Å². The summed E-state index contributed by atoms with van der Waals surface area (Å²) < 4.78 is 1.89. The average Bonchev–Trinajstić information content (AvgIpc) is 3.48. The maximum absolute atomic E-state index is 12.5. The molecule has 0 bridgehead atoms. The molecule has 0 unspecified atom stereocenters. The third-order valence-corrected chi connectivity index (χ3v) is 6.71. The molecule has 0 saturated heterocycles. The van der Waals surface area contributed by atoms with Crippen molar-refractivity contribution >= 4 is 40.0 Å². The molecule has 8 nitrogen and oxygen atoms in total. The van der Waals surface area contributed by atoms with Crippen molar-refractivity contribution in [3.05, 3.63) is 76.9 Å². The van der Waals surface area contributed by atoms with Gasteiger partial charge >= 0.3 is 0 Å². The lowest BCUT2D eigenvalue weighted by Gasteiger charge is -2.08. The molecule has 0 saturated carbocycles. The Kier molecular flexibility index (Phi) is 7.71. The molecule has 2 amide bonds. The molecule has 2 N–H and O–H groups in total. The molecular weight excluding hydrogens is 468 g/mol. The zero-order valence-electron chi connectivity index (χ0n) is 18.8. The van der Waals surface area contributed by atoms with Crippen LogP contribution in [0.25, 0.3) is 11.3 Å². The highest BCUT2D eigenvalue weighted by atomic mass is 32.2. The Morgan fingerprint density at radius 2 is 1.82 bits per heavy atom. The fourth-order valence-electron chi connectivity index (χ4n) is 3.20. The highest BCUT2D eigenvalue weighted by molar-refractivity contribution is 7.99. The number of aromatic nitrogens is 4. The van der Waals surface area contributed by atoms with Gasteiger partial charge in [0.05, 0.1) is 18.0 Å². The number of nitrogens with zero attached hydrogens (tertiary/aromatic N) is 4. The summed E-state index contributed by atoms with van der Waals surface area (Å²) in [6, 6.07) is 17.2. The van der Waals surface area contributed by atoms with Gasteiger partial charge in [0.15, 0.2) is 16.1 Å². The van der Waals surface area contributed by atoms with Gasteiger partial charge in [0.2, 0.25) is 5.91 Å². The second-order valence-corrected chi connectivity index (χ2v) is 9.23. The predicted molar refractivity (Wildman–Crippen MR) is 135 cm³/mol. The molecular formula is C24H24N6O2S2. The molecule has 10 heteroatoms. The predicted octanol–water partition coefficient (Wildman–Crippen LogP) is 4.39. The minimum atomic E-state index is -0.169. The van der Waals surface area contributed by atoms with Gasteiger partial charge in [0, 0.05) is 23.1 Å². The van der Waals surface area contributed by atoms with Crippen molar-refractivity contribution in [1.82, 2.24) is 25.1 Å². The number of thioether (sulfide) groups is 1. The quantitative estimate of drug-likeness (QED) is 0.336. The average molecular weight is 493 g/mol. The third-order valence-electron chi connectivity index (χ3n) is 4.98. The number of benzene rings is 2. The van der Waals surface area contributed by atoms with Crippen molar-refractivity contribution in [2.75, 3.05) is 11.1 Å². The van der Waals surface area contributed by atoms with Gasteiger partial charge < -0.3 is 15.2 Å². The Bertz CT molecular complexity index is 1270. The van der Waals surface area contributed by atoms with E-state index in [1.807, 2.05) is 66.3 Å². The number of aryl methyl sites for hydroxylation is 1. The van der Waals surface area contributed by atoms with Crippen LogP contribution in [0.4, 0.5) is 5.13 Å². The Balaban J connectivity index is 1.31. The first-order valence-electron chi connectivity index (χ1n) is 10.7. The van der Waals surface area contributed by atoms with E-state index >= 15 is 0 Å². The number of anilines is 1. The molecule has 2 aromatic carbocycles. The summed E-state index contributed by atoms with van der Waals surface area (Å²) in [6.07, 6.45) is 0. The fraction of sp³-hybridized carbons (Fsp3) is 0.208. The lowest BCUT2D eigenvalue weighted by atomic mass is 10.1. The van der Waals surface area contributed by atoms with Gasteiger partial charge in [-0.25, -0.2) is 4.98 Å². The Hall–Kier alpha value is -3.50. The van der Waals surface area contributed by atoms with Crippen LogP contribution in [0.2, 0.25) is 0 Å². The standard InChI is InChI=1S/C24H24N6O2S2/c1-3-30-20(13-25-22(32)18-11-9-16(2)10-12-18)28-29-24(30)34-15-21(31)27-23-26-19(14-33-23)17-7-5-4-6-8-17/h4-12,14H,3,13,15H2,1-2H3,(H,25,32)(H,26,27,31). The zero-order chi connectivity index (χ0) is 23.9. The van der Waals surface area contributed by atoms with Crippen LogP contribution in [0.15, 0.2) is 65.1 Å². The van der Waals surface area contributed by atoms with Gasteiger partial charge in [0.1, 0.15) is 0 Å². The summed E-state index contributed by atoms with van der Waals surface area (Å²) in [6.45, 7) is 4.82. The molecule has 2 aromatic heterocycles. The van der Waals surface area contributed by atoms with Crippen molar-refractivity contribution in [3.8, 4) is 11.3 Å². The minimum absolute atomic E-state index is 0.168. The molecule has 0 spiro atoms. The summed E-state index contributed by atoms with van der Waals surface area (Å²) in [5, 5.41) is 17.2. The number of carbonyl (C=O) groups is 2. The molecule has 2 heterocycles. The second-order valence-electron chi connectivity index (χ2n) is 7.43. The van der Waals surface area contributed by atoms with E-state index in [1.54, 1.807) is 12.1 Å². The zero-order valence-corrected chi connectivity index (χ0v) is 20.4. The van der Waals surface area contributed by atoms with E-state index in [1.165, 1.54) is 23.1 Å². The van der Waals surface area contributed by atoms with Crippen molar-refractivity contribution in [2.24, 2.45) is 0 Å². The first kappa shape index (κ1) is 23.7. The lowest BCUT2D eigenvalue weighted by Crippen LogP contribution is -2.24. The molecule has 4 aromatic rings. The maximum Gasteiger partial charge on any atom is 0.251 e. The number of thiazole rings is 1. The van der Waals surface area contributed by atoms with Crippen LogP contribution in [0.1, 0.15) is 28.7 Å². The Labute approximate surface area is 205 Å². The fourth-order valence-corrected chi connectivity index (χ4v) is 4.76. The van der Waals surface area contributed by atoms with E-state index in [0.717, 1.165) is 16.8 Å². The molecule has 0 fully saturated rings. The first-order chi connectivity index (χ1) is 16.5. The first-order valence-corrected chi connectivity index (χ1v) is 12.6. The van der Waals surface area contributed by atoms with Crippen molar-refractivity contribution in [2.45, 2.75) is 32.1 Å². The van der Waals surface area contributed by atoms with E-state index in [0.29, 0.717) is 28.2 Å².